The smallest absolute Gasteiger partial charge is 0.450 e. The van der Waals surface area contributed by atoms with Crippen LogP contribution >= 0.6 is 0 Å². The van der Waals surface area contributed by atoms with Gasteiger partial charge in [0.05, 0.1) is 24.6 Å². The molecule has 178 valence electrons. The number of hydrogen-bond donors (Lipinski definition) is 1. The predicted octanol–water partition coefficient (Wildman–Crippen LogP) is 4.73. The fourth-order valence-corrected chi connectivity index (χ4v) is 3.25. The number of methoxy groups -OCH3 is 1. The van der Waals surface area contributed by atoms with Crippen LogP contribution in [0.1, 0.15) is 18.7 Å². The van der Waals surface area contributed by atoms with Gasteiger partial charge in [0.1, 0.15) is 18.0 Å². The summed E-state index contributed by atoms with van der Waals surface area (Å²) >= 11 is 0. The number of hydrogen-bond acceptors (Lipinski definition) is 5. The molecule has 0 saturated carbocycles. The molecule has 0 amide bonds. The Morgan fingerprint density at radius 1 is 1.09 bits per heavy atom. The zero-order valence-electron chi connectivity index (χ0n) is 17.9. The predicted molar refractivity (Wildman–Crippen MR) is 116 cm³/mol. The number of aliphatic hydroxyl groups is 1. The average molecular weight is 476 g/mol. The highest BCUT2D eigenvalue weighted by atomic mass is 19.4. The van der Waals surface area contributed by atoms with Crippen molar-refractivity contribution in [2.75, 3.05) is 7.11 Å². The number of aliphatic hydroxyl groups excluding tert-OH is 1. The Bertz CT molecular complexity index is 1190. The first kappa shape index (κ1) is 24.8. The summed E-state index contributed by atoms with van der Waals surface area (Å²) in [6.45, 7) is 0. The van der Waals surface area contributed by atoms with Crippen molar-refractivity contribution in [1.82, 2.24) is 9.55 Å². The van der Waals surface area contributed by atoms with Gasteiger partial charge in [-0.25, -0.2) is 9.37 Å². The van der Waals surface area contributed by atoms with Crippen LogP contribution in [0.3, 0.4) is 0 Å². The first-order valence-corrected chi connectivity index (χ1v) is 10.1. The Morgan fingerprint density at radius 3 is 2.32 bits per heavy atom. The summed E-state index contributed by atoms with van der Waals surface area (Å²) in [5, 5.41) is 10.2. The molecule has 3 aromatic rings. The van der Waals surface area contributed by atoms with Gasteiger partial charge in [-0.1, -0.05) is 30.3 Å². The summed E-state index contributed by atoms with van der Waals surface area (Å²) in [6, 6.07) is 13.0. The largest absolute Gasteiger partial charge is 0.469 e. The molecule has 0 radical (unpaired) electrons. The zero-order chi connectivity index (χ0) is 24.9. The molecule has 1 heterocycles. The number of esters is 1. The highest BCUT2D eigenvalue weighted by Crippen LogP contribution is 2.39. The SMILES string of the molecule is COC(=O)CC(=O)CC(O)/C=C/n1c(C(F)(F)F)nc(-c2ccccc2)c1-c1ccc(F)cc1. The number of ketones is 1. The topological polar surface area (TPSA) is 81.4 Å². The number of carbonyl (C=O) groups excluding carboxylic acids is 2. The van der Waals surface area contributed by atoms with Gasteiger partial charge in [-0.3, -0.25) is 14.2 Å². The number of carbonyl (C=O) groups is 2. The first-order chi connectivity index (χ1) is 16.1. The second-order valence-electron chi connectivity index (χ2n) is 7.28. The lowest BCUT2D eigenvalue weighted by atomic mass is 10.0. The van der Waals surface area contributed by atoms with Gasteiger partial charge in [0.15, 0.2) is 0 Å². The molecule has 1 N–H and O–H groups in total. The van der Waals surface area contributed by atoms with Gasteiger partial charge < -0.3 is 9.84 Å². The molecular weight excluding hydrogens is 456 g/mol. The van der Waals surface area contributed by atoms with Gasteiger partial charge in [0.25, 0.3) is 0 Å². The van der Waals surface area contributed by atoms with Crippen molar-refractivity contribution in [3.63, 3.8) is 0 Å². The van der Waals surface area contributed by atoms with E-state index >= 15 is 0 Å². The summed E-state index contributed by atoms with van der Waals surface area (Å²) < 4.78 is 60.3. The van der Waals surface area contributed by atoms with Crippen LogP contribution in [0.25, 0.3) is 28.7 Å². The Balaban J connectivity index is 2.10. The molecule has 0 aliphatic rings. The van der Waals surface area contributed by atoms with E-state index in [1.165, 1.54) is 12.1 Å². The zero-order valence-corrected chi connectivity index (χ0v) is 17.9. The van der Waals surface area contributed by atoms with Gasteiger partial charge in [-0.2, -0.15) is 13.2 Å². The fourth-order valence-electron chi connectivity index (χ4n) is 3.25. The van der Waals surface area contributed by atoms with Gasteiger partial charge in [0.2, 0.25) is 5.82 Å². The van der Waals surface area contributed by atoms with Crippen molar-refractivity contribution in [1.29, 1.82) is 0 Å². The van der Waals surface area contributed by atoms with Crippen molar-refractivity contribution in [2.45, 2.75) is 25.1 Å². The third kappa shape index (κ3) is 5.96. The van der Waals surface area contributed by atoms with E-state index in [1.807, 2.05) is 0 Å². The number of nitrogens with zero attached hydrogens (tertiary/aromatic N) is 2. The number of Topliss-reactive ketones (excluding diaryl/α,β-unsaturated/α-hetero) is 1. The van der Waals surface area contributed by atoms with E-state index in [4.69, 9.17) is 0 Å². The Kier molecular flexibility index (Phi) is 7.62. The van der Waals surface area contributed by atoms with Crippen LogP contribution in [0.4, 0.5) is 17.6 Å². The molecule has 34 heavy (non-hydrogen) atoms. The first-order valence-electron chi connectivity index (χ1n) is 10.1. The summed E-state index contributed by atoms with van der Waals surface area (Å²) in [6.07, 6.45) is -5.46. The van der Waals surface area contributed by atoms with E-state index in [9.17, 15) is 32.3 Å². The highest BCUT2D eigenvalue weighted by molar-refractivity contribution is 5.95. The Hall–Kier alpha value is -3.79. The van der Waals surface area contributed by atoms with E-state index in [1.54, 1.807) is 30.3 Å². The average Bonchev–Trinajstić information content (AvgIpc) is 3.18. The third-order valence-electron chi connectivity index (χ3n) is 4.79. The van der Waals surface area contributed by atoms with Crippen molar-refractivity contribution < 1.29 is 37.0 Å². The number of halogens is 4. The Labute approximate surface area is 192 Å². The number of benzene rings is 2. The maximum atomic E-state index is 13.9. The molecule has 6 nitrogen and oxygen atoms in total. The minimum atomic E-state index is -4.86. The summed E-state index contributed by atoms with van der Waals surface area (Å²) in [5.41, 5.74) is 0.667. The number of imidazole rings is 1. The fraction of sp³-hybridized carbons (Fsp3) is 0.208. The number of aromatic nitrogens is 2. The van der Waals surface area contributed by atoms with Crippen molar-refractivity contribution in [3.8, 4) is 22.5 Å². The van der Waals surface area contributed by atoms with E-state index in [2.05, 4.69) is 9.72 Å². The molecular formula is C24H20F4N2O4. The molecule has 0 fully saturated rings. The number of rotatable bonds is 8. The minimum absolute atomic E-state index is 0.000408. The monoisotopic (exact) mass is 476 g/mol. The summed E-state index contributed by atoms with van der Waals surface area (Å²) in [5.74, 6) is -3.27. The lowest BCUT2D eigenvalue weighted by molar-refractivity contribution is -0.146. The minimum Gasteiger partial charge on any atom is -0.469 e. The molecule has 1 atom stereocenters. The molecule has 1 aromatic heterocycles. The van der Waals surface area contributed by atoms with E-state index in [-0.39, 0.29) is 17.0 Å². The van der Waals surface area contributed by atoms with Gasteiger partial charge in [-0.15, -0.1) is 0 Å². The summed E-state index contributed by atoms with van der Waals surface area (Å²) in [4.78, 5) is 26.9. The van der Waals surface area contributed by atoms with Gasteiger partial charge >= 0.3 is 12.1 Å². The molecule has 10 heteroatoms. The lowest BCUT2D eigenvalue weighted by Crippen LogP contribution is -2.16. The lowest BCUT2D eigenvalue weighted by Gasteiger charge is -2.12. The van der Waals surface area contributed by atoms with Gasteiger partial charge in [0, 0.05) is 23.7 Å². The van der Waals surface area contributed by atoms with Crippen molar-refractivity contribution in [3.05, 3.63) is 72.3 Å². The van der Waals surface area contributed by atoms with Crippen LogP contribution in [-0.2, 0) is 20.5 Å². The maximum Gasteiger partial charge on any atom is 0.450 e. The molecule has 2 aromatic carbocycles. The third-order valence-corrected chi connectivity index (χ3v) is 4.79. The second kappa shape index (κ2) is 10.4. The van der Waals surface area contributed by atoms with E-state index < -0.39 is 48.5 Å². The Morgan fingerprint density at radius 2 is 1.74 bits per heavy atom. The normalized spacial score (nSPS) is 12.6. The number of ether oxygens (including phenoxy) is 1. The van der Waals surface area contributed by atoms with Crippen LogP contribution < -0.4 is 0 Å². The molecule has 0 spiro atoms. The van der Waals surface area contributed by atoms with Crippen LogP contribution in [0.5, 0.6) is 0 Å². The molecule has 3 rings (SSSR count). The highest BCUT2D eigenvalue weighted by Gasteiger charge is 2.39. The van der Waals surface area contributed by atoms with Crippen LogP contribution in [0.2, 0.25) is 0 Å². The molecule has 0 aliphatic carbocycles. The molecule has 1 unspecified atom stereocenters. The summed E-state index contributed by atoms with van der Waals surface area (Å²) in [7, 11) is 1.10. The molecule has 0 saturated heterocycles. The van der Waals surface area contributed by atoms with Crippen LogP contribution in [-0.4, -0.2) is 39.6 Å². The van der Waals surface area contributed by atoms with Crippen LogP contribution in [0, 0.1) is 5.82 Å². The quantitative estimate of drug-likeness (QED) is 0.289. The number of alkyl halides is 3. The molecule has 0 bridgehead atoms. The standard InChI is InChI=1S/C24H20F4N2O4/c1-34-20(33)14-19(32)13-18(31)11-12-30-22(16-7-9-17(25)10-8-16)21(15-5-3-2-4-6-15)29-23(30)24(26,27)28/h2-12,18,31H,13-14H2,1H3/b12-11+. The van der Waals surface area contributed by atoms with E-state index in [0.717, 1.165) is 36.1 Å². The second-order valence-corrected chi connectivity index (χ2v) is 7.28. The molecule has 0 aliphatic heterocycles. The van der Waals surface area contributed by atoms with Crippen molar-refractivity contribution in [2.24, 2.45) is 0 Å². The van der Waals surface area contributed by atoms with Gasteiger partial charge in [-0.05, 0) is 30.3 Å². The van der Waals surface area contributed by atoms with Crippen LogP contribution in [0.15, 0.2) is 60.7 Å². The van der Waals surface area contributed by atoms with Crippen molar-refractivity contribution >= 4 is 18.0 Å². The maximum absolute atomic E-state index is 13.9. The van der Waals surface area contributed by atoms with E-state index in [0.29, 0.717) is 5.56 Å².